The number of nitrogens with zero attached hydrogens (tertiary/aromatic N) is 1. The number of rotatable bonds is 6. The van der Waals surface area contributed by atoms with Crippen molar-refractivity contribution in [1.82, 2.24) is 10.2 Å². The number of halogens is 1. The molecule has 1 saturated heterocycles. The molecule has 23 heavy (non-hydrogen) atoms. The molecule has 2 aliphatic rings. The molecule has 1 aromatic carbocycles. The molecule has 3 nitrogen and oxygen atoms in total. The zero-order valence-electron chi connectivity index (χ0n) is 13.9. The van der Waals surface area contributed by atoms with Gasteiger partial charge in [0.2, 0.25) is 5.91 Å². The largest absolute Gasteiger partial charge is 0.335 e. The number of hydrogen-bond acceptors (Lipinski definition) is 2. The van der Waals surface area contributed by atoms with Crippen LogP contribution in [0.25, 0.3) is 0 Å². The van der Waals surface area contributed by atoms with E-state index in [1.807, 2.05) is 11.0 Å². The summed E-state index contributed by atoms with van der Waals surface area (Å²) in [4.78, 5) is 14.8. The minimum absolute atomic E-state index is 0.229. The zero-order valence-corrected chi connectivity index (χ0v) is 13.9. The summed E-state index contributed by atoms with van der Waals surface area (Å²) in [5.41, 5.74) is 0.886. The van der Waals surface area contributed by atoms with Gasteiger partial charge in [0.15, 0.2) is 0 Å². The van der Waals surface area contributed by atoms with Gasteiger partial charge >= 0.3 is 0 Å². The molecule has 0 radical (unpaired) electrons. The minimum atomic E-state index is -0.229. The fraction of sp³-hybridized carbons (Fsp3) is 0.632. The maximum Gasteiger partial charge on any atom is 0.223 e. The van der Waals surface area contributed by atoms with Gasteiger partial charge in [0.1, 0.15) is 5.82 Å². The molecule has 4 heteroatoms. The third kappa shape index (κ3) is 4.54. The van der Waals surface area contributed by atoms with E-state index in [1.165, 1.54) is 25.0 Å². The van der Waals surface area contributed by atoms with Crippen molar-refractivity contribution in [2.75, 3.05) is 13.1 Å². The van der Waals surface area contributed by atoms with Gasteiger partial charge in [0.05, 0.1) is 0 Å². The lowest BCUT2D eigenvalue weighted by Gasteiger charge is -2.30. The lowest BCUT2D eigenvalue weighted by Crippen LogP contribution is -2.37. The molecular formula is C19H27FN2O. The molecule has 1 saturated carbocycles. The van der Waals surface area contributed by atoms with E-state index in [0.717, 1.165) is 31.5 Å². The van der Waals surface area contributed by atoms with Crippen LogP contribution in [-0.4, -0.2) is 29.9 Å². The third-order valence-electron chi connectivity index (χ3n) is 5.19. The molecule has 0 aromatic heterocycles. The van der Waals surface area contributed by atoms with E-state index in [2.05, 4.69) is 12.2 Å². The van der Waals surface area contributed by atoms with E-state index >= 15 is 0 Å². The quantitative estimate of drug-likeness (QED) is 0.872. The van der Waals surface area contributed by atoms with Gasteiger partial charge in [-0.05, 0) is 68.3 Å². The van der Waals surface area contributed by atoms with Gasteiger partial charge in [-0.3, -0.25) is 4.79 Å². The highest BCUT2D eigenvalue weighted by molar-refractivity contribution is 5.77. The topological polar surface area (TPSA) is 32.3 Å². The maximum atomic E-state index is 13.4. The first-order chi connectivity index (χ1) is 11.1. The summed E-state index contributed by atoms with van der Waals surface area (Å²) in [5, 5.41) is 3.43. The van der Waals surface area contributed by atoms with E-state index in [0.29, 0.717) is 30.8 Å². The Morgan fingerprint density at radius 3 is 2.87 bits per heavy atom. The van der Waals surface area contributed by atoms with Crippen molar-refractivity contribution >= 4 is 5.91 Å². The van der Waals surface area contributed by atoms with Crippen molar-refractivity contribution in [3.05, 3.63) is 35.6 Å². The van der Waals surface area contributed by atoms with Gasteiger partial charge in [-0.1, -0.05) is 19.1 Å². The molecule has 2 unspecified atom stereocenters. The van der Waals surface area contributed by atoms with Gasteiger partial charge < -0.3 is 10.2 Å². The zero-order chi connectivity index (χ0) is 16.2. The molecule has 1 heterocycles. The summed E-state index contributed by atoms with van der Waals surface area (Å²) in [6.45, 7) is 4.87. The molecule has 0 bridgehead atoms. The third-order valence-corrected chi connectivity index (χ3v) is 5.19. The van der Waals surface area contributed by atoms with Crippen LogP contribution in [0.15, 0.2) is 24.3 Å². The van der Waals surface area contributed by atoms with E-state index in [-0.39, 0.29) is 11.7 Å². The van der Waals surface area contributed by atoms with Gasteiger partial charge in [0, 0.05) is 19.0 Å². The first-order valence-electron chi connectivity index (χ1n) is 8.88. The Kier molecular flexibility index (Phi) is 5.31. The molecule has 0 spiro atoms. The molecule has 1 amide bonds. The second-order valence-corrected chi connectivity index (χ2v) is 7.17. The predicted molar refractivity (Wildman–Crippen MR) is 89.3 cm³/mol. The molecule has 3 rings (SSSR count). The Balaban J connectivity index is 1.60. The summed E-state index contributed by atoms with van der Waals surface area (Å²) < 4.78 is 13.4. The second-order valence-electron chi connectivity index (χ2n) is 7.17. The maximum absolute atomic E-state index is 13.4. The van der Waals surface area contributed by atoms with Crippen LogP contribution in [0.3, 0.4) is 0 Å². The van der Waals surface area contributed by atoms with Gasteiger partial charge in [-0.2, -0.15) is 0 Å². The van der Waals surface area contributed by atoms with Crippen LogP contribution in [0.2, 0.25) is 0 Å². The molecule has 126 valence electrons. The van der Waals surface area contributed by atoms with Crippen LogP contribution in [-0.2, 0) is 11.3 Å². The van der Waals surface area contributed by atoms with Gasteiger partial charge in [-0.15, -0.1) is 0 Å². The van der Waals surface area contributed by atoms with Crippen LogP contribution in [0, 0.1) is 17.7 Å². The van der Waals surface area contributed by atoms with Crippen LogP contribution in [0.4, 0.5) is 4.39 Å². The normalized spacial score (nSPS) is 22.6. The van der Waals surface area contributed by atoms with Crippen molar-refractivity contribution in [1.29, 1.82) is 0 Å². The van der Waals surface area contributed by atoms with Crippen LogP contribution < -0.4 is 5.32 Å². The van der Waals surface area contributed by atoms with E-state index in [4.69, 9.17) is 0 Å². The van der Waals surface area contributed by atoms with Crippen molar-refractivity contribution in [2.45, 2.75) is 51.6 Å². The van der Waals surface area contributed by atoms with E-state index in [1.54, 1.807) is 6.07 Å². The van der Waals surface area contributed by atoms with Crippen LogP contribution in [0.5, 0.6) is 0 Å². The van der Waals surface area contributed by atoms with E-state index < -0.39 is 0 Å². The first kappa shape index (κ1) is 16.4. The molecule has 2 fully saturated rings. The Hall–Kier alpha value is -1.42. The lowest BCUT2D eigenvalue weighted by atomic mass is 9.85. The number of nitrogens with one attached hydrogen (secondary N) is 1. The summed E-state index contributed by atoms with van der Waals surface area (Å²) >= 11 is 0. The average Bonchev–Trinajstić information content (AvgIpc) is 3.38. The number of amides is 1. The standard InChI is InChI=1S/C19H27FN2O/c1-14(16-5-3-9-21-12-16)10-19(23)22(18-7-8-18)13-15-4-2-6-17(20)11-15/h2,4,6,11,14,16,18,21H,3,5,7-10,12-13H2,1H3. The predicted octanol–water partition coefficient (Wildman–Crippen LogP) is 3.34. The first-order valence-corrected chi connectivity index (χ1v) is 8.88. The molecule has 1 N–H and O–H groups in total. The average molecular weight is 318 g/mol. The molecule has 1 aliphatic heterocycles. The highest BCUT2D eigenvalue weighted by atomic mass is 19.1. The monoisotopic (exact) mass is 318 g/mol. The lowest BCUT2D eigenvalue weighted by molar-refractivity contribution is -0.133. The van der Waals surface area contributed by atoms with Crippen molar-refractivity contribution in [3.63, 3.8) is 0 Å². The van der Waals surface area contributed by atoms with Crippen LogP contribution >= 0.6 is 0 Å². The number of carbonyl (C=O) groups excluding carboxylic acids is 1. The van der Waals surface area contributed by atoms with Crippen molar-refractivity contribution < 1.29 is 9.18 Å². The number of carbonyl (C=O) groups is 1. The molecule has 1 aliphatic carbocycles. The highest BCUT2D eigenvalue weighted by Gasteiger charge is 2.34. The second kappa shape index (κ2) is 7.43. The van der Waals surface area contributed by atoms with E-state index in [9.17, 15) is 9.18 Å². The number of hydrogen-bond donors (Lipinski definition) is 1. The Labute approximate surface area is 138 Å². The summed E-state index contributed by atoms with van der Waals surface area (Å²) in [6.07, 6.45) is 5.20. The minimum Gasteiger partial charge on any atom is -0.335 e. The SMILES string of the molecule is CC(CC(=O)N(Cc1cccc(F)c1)C1CC1)C1CCCNC1. The molecule has 2 atom stereocenters. The number of piperidine rings is 1. The van der Waals surface area contributed by atoms with Crippen LogP contribution in [0.1, 0.15) is 44.6 Å². The summed E-state index contributed by atoms with van der Waals surface area (Å²) in [5.74, 6) is 1.01. The van der Waals surface area contributed by atoms with Gasteiger partial charge in [-0.25, -0.2) is 4.39 Å². The Bertz CT molecular complexity index is 538. The Morgan fingerprint density at radius 1 is 1.39 bits per heavy atom. The fourth-order valence-corrected chi connectivity index (χ4v) is 3.56. The smallest absolute Gasteiger partial charge is 0.223 e. The Morgan fingerprint density at radius 2 is 2.22 bits per heavy atom. The van der Waals surface area contributed by atoms with Gasteiger partial charge in [0.25, 0.3) is 0 Å². The summed E-state index contributed by atoms with van der Waals surface area (Å²) in [7, 11) is 0. The molecule has 1 aromatic rings. The highest BCUT2D eigenvalue weighted by Crippen LogP contribution is 2.31. The fourth-order valence-electron chi connectivity index (χ4n) is 3.56. The summed E-state index contributed by atoms with van der Waals surface area (Å²) in [6, 6.07) is 6.97. The number of benzene rings is 1. The molecular weight excluding hydrogens is 291 g/mol. The van der Waals surface area contributed by atoms with Crippen molar-refractivity contribution in [3.8, 4) is 0 Å². The van der Waals surface area contributed by atoms with Crippen molar-refractivity contribution in [2.24, 2.45) is 11.8 Å².